The van der Waals surface area contributed by atoms with Crippen LogP contribution < -0.4 is 11.1 Å². The Morgan fingerprint density at radius 1 is 0.893 bits per heavy atom. The molecule has 0 radical (unpaired) electrons. The smallest absolute Gasteiger partial charge is 0.326 e. The summed E-state index contributed by atoms with van der Waals surface area (Å²) in [5.41, 5.74) is 7.61. The maximum absolute atomic E-state index is 12.4. The third-order valence-electron chi connectivity index (χ3n) is 4.60. The second-order valence-electron chi connectivity index (χ2n) is 6.76. The predicted octanol–water partition coefficient (Wildman–Crippen LogP) is 2.23. The molecule has 0 aliphatic carbocycles. The van der Waals surface area contributed by atoms with Gasteiger partial charge in [0.25, 0.3) is 0 Å². The summed E-state index contributed by atoms with van der Waals surface area (Å²) in [4.78, 5) is 24.0. The Morgan fingerprint density at radius 2 is 1.54 bits per heavy atom. The summed E-state index contributed by atoms with van der Waals surface area (Å²) < 4.78 is 0. The lowest BCUT2D eigenvalue weighted by Crippen LogP contribution is -2.50. The van der Waals surface area contributed by atoms with Crippen molar-refractivity contribution in [1.29, 1.82) is 0 Å². The van der Waals surface area contributed by atoms with Crippen molar-refractivity contribution in [3.05, 3.63) is 77.9 Å². The summed E-state index contributed by atoms with van der Waals surface area (Å²) in [5.74, 6) is -1.56. The number of carboxylic acid groups (broad SMARTS) is 1. The molecular formula is C22H22N2O4. The number of phenolic OH excluding ortho intramolecular Hbond substituents is 1. The van der Waals surface area contributed by atoms with Gasteiger partial charge >= 0.3 is 5.97 Å². The first-order valence-corrected chi connectivity index (χ1v) is 8.97. The molecule has 0 unspecified atom stereocenters. The highest BCUT2D eigenvalue weighted by atomic mass is 16.4. The SMILES string of the molecule is N[C@@H](Cc1ccc2ccccc2c1)C(=O)N[C@@H](Cc1ccc(O)cc1)C(=O)O. The molecule has 2 atom stereocenters. The van der Waals surface area contributed by atoms with Crippen molar-refractivity contribution in [2.75, 3.05) is 0 Å². The van der Waals surface area contributed by atoms with Crippen LogP contribution >= 0.6 is 0 Å². The maximum atomic E-state index is 12.4. The number of aliphatic carboxylic acids is 1. The van der Waals surface area contributed by atoms with E-state index >= 15 is 0 Å². The molecule has 3 aromatic rings. The van der Waals surface area contributed by atoms with Crippen LogP contribution in [0.4, 0.5) is 0 Å². The van der Waals surface area contributed by atoms with Crippen LogP contribution in [0.3, 0.4) is 0 Å². The number of rotatable bonds is 7. The lowest BCUT2D eigenvalue weighted by atomic mass is 10.0. The topological polar surface area (TPSA) is 113 Å². The number of fused-ring (bicyclic) bond motifs is 1. The van der Waals surface area contributed by atoms with Crippen LogP contribution in [-0.4, -0.2) is 34.2 Å². The van der Waals surface area contributed by atoms with E-state index in [-0.39, 0.29) is 12.2 Å². The van der Waals surface area contributed by atoms with E-state index in [2.05, 4.69) is 5.32 Å². The second kappa shape index (κ2) is 8.54. The fraction of sp³-hybridized carbons (Fsp3) is 0.182. The van der Waals surface area contributed by atoms with Crippen LogP contribution in [0.5, 0.6) is 5.75 Å². The van der Waals surface area contributed by atoms with Gasteiger partial charge in [-0.05, 0) is 40.5 Å². The quantitative estimate of drug-likeness (QED) is 0.504. The van der Waals surface area contributed by atoms with Crippen LogP contribution in [0.2, 0.25) is 0 Å². The van der Waals surface area contributed by atoms with Gasteiger partial charge in [-0.2, -0.15) is 0 Å². The summed E-state index contributed by atoms with van der Waals surface area (Å²) in [6, 6.07) is 18.0. The van der Waals surface area contributed by atoms with Crippen LogP contribution in [-0.2, 0) is 22.4 Å². The highest BCUT2D eigenvalue weighted by molar-refractivity contribution is 5.87. The summed E-state index contributed by atoms with van der Waals surface area (Å²) in [6.07, 6.45) is 0.409. The number of nitrogens with two attached hydrogens (primary N) is 1. The molecule has 6 nitrogen and oxygen atoms in total. The monoisotopic (exact) mass is 378 g/mol. The number of nitrogens with one attached hydrogen (secondary N) is 1. The molecule has 144 valence electrons. The number of carbonyl (C=O) groups excluding carboxylic acids is 1. The highest BCUT2D eigenvalue weighted by Gasteiger charge is 2.23. The molecule has 0 saturated carbocycles. The molecule has 0 fully saturated rings. The fourth-order valence-corrected chi connectivity index (χ4v) is 3.06. The van der Waals surface area contributed by atoms with Crippen molar-refractivity contribution in [3.63, 3.8) is 0 Å². The van der Waals surface area contributed by atoms with Gasteiger partial charge in [-0.1, -0.05) is 54.6 Å². The molecule has 5 N–H and O–H groups in total. The van der Waals surface area contributed by atoms with Crippen LogP contribution in [0, 0.1) is 0 Å². The third-order valence-corrected chi connectivity index (χ3v) is 4.60. The normalized spacial score (nSPS) is 13.0. The standard InChI is InChI=1S/C22H22N2O4/c23-19(12-15-5-8-16-3-1-2-4-17(16)11-15)21(26)24-20(22(27)28)13-14-6-9-18(25)10-7-14/h1-11,19-20,25H,12-13,23H2,(H,24,26)(H,27,28)/t19-,20-/m0/s1. The molecule has 6 heteroatoms. The third kappa shape index (κ3) is 4.86. The van der Waals surface area contributed by atoms with Crippen molar-refractivity contribution in [3.8, 4) is 5.75 Å². The van der Waals surface area contributed by atoms with E-state index in [1.807, 2.05) is 42.5 Å². The van der Waals surface area contributed by atoms with Gasteiger partial charge in [0, 0.05) is 6.42 Å². The zero-order valence-corrected chi connectivity index (χ0v) is 15.2. The average Bonchev–Trinajstić information content (AvgIpc) is 2.68. The van der Waals surface area contributed by atoms with E-state index in [1.165, 1.54) is 12.1 Å². The number of carbonyl (C=O) groups is 2. The second-order valence-corrected chi connectivity index (χ2v) is 6.76. The van der Waals surface area contributed by atoms with E-state index in [1.54, 1.807) is 12.1 Å². The highest BCUT2D eigenvalue weighted by Crippen LogP contribution is 2.17. The van der Waals surface area contributed by atoms with E-state index < -0.39 is 24.0 Å². The molecule has 3 rings (SSSR count). The van der Waals surface area contributed by atoms with Crippen LogP contribution in [0.15, 0.2) is 66.7 Å². The van der Waals surface area contributed by atoms with Gasteiger partial charge in [0.05, 0.1) is 6.04 Å². The molecule has 0 heterocycles. The van der Waals surface area contributed by atoms with Crippen molar-refractivity contribution < 1.29 is 19.8 Å². The Bertz CT molecular complexity index is 985. The van der Waals surface area contributed by atoms with E-state index in [9.17, 15) is 19.8 Å². The number of hydrogen-bond acceptors (Lipinski definition) is 4. The molecule has 3 aromatic carbocycles. The largest absolute Gasteiger partial charge is 0.508 e. The number of benzene rings is 3. The first-order chi connectivity index (χ1) is 13.4. The van der Waals surface area contributed by atoms with Crippen molar-refractivity contribution >= 4 is 22.6 Å². The zero-order chi connectivity index (χ0) is 20.1. The molecular weight excluding hydrogens is 356 g/mol. The Balaban J connectivity index is 1.64. The predicted molar refractivity (Wildman–Crippen MR) is 107 cm³/mol. The lowest BCUT2D eigenvalue weighted by molar-refractivity contribution is -0.141. The zero-order valence-electron chi connectivity index (χ0n) is 15.2. The molecule has 0 aliphatic heterocycles. The molecule has 0 spiro atoms. The average molecular weight is 378 g/mol. The van der Waals surface area contributed by atoms with Gasteiger partial charge in [0.15, 0.2) is 0 Å². The van der Waals surface area contributed by atoms with E-state index in [0.717, 1.165) is 16.3 Å². The number of hydrogen-bond donors (Lipinski definition) is 4. The number of aromatic hydroxyl groups is 1. The molecule has 1 amide bonds. The van der Waals surface area contributed by atoms with Gasteiger partial charge < -0.3 is 21.3 Å². The van der Waals surface area contributed by atoms with Crippen molar-refractivity contribution in [2.24, 2.45) is 5.73 Å². The fourth-order valence-electron chi connectivity index (χ4n) is 3.06. The van der Waals surface area contributed by atoms with Crippen LogP contribution in [0.25, 0.3) is 10.8 Å². The minimum atomic E-state index is -1.14. The summed E-state index contributed by atoms with van der Waals surface area (Å²) in [5, 5.41) is 23.4. The minimum absolute atomic E-state index is 0.0945. The summed E-state index contributed by atoms with van der Waals surface area (Å²) in [7, 11) is 0. The Hall–Kier alpha value is -3.38. The first kappa shape index (κ1) is 19.4. The Morgan fingerprint density at radius 3 is 2.21 bits per heavy atom. The van der Waals surface area contributed by atoms with Gasteiger partial charge in [-0.25, -0.2) is 4.79 Å². The van der Waals surface area contributed by atoms with E-state index in [0.29, 0.717) is 12.0 Å². The summed E-state index contributed by atoms with van der Waals surface area (Å²) in [6.45, 7) is 0. The molecule has 0 saturated heterocycles. The van der Waals surface area contributed by atoms with Crippen molar-refractivity contribution in [2.45, 2.75) is 24.9 Å². The van der Waals surface area contributed by atoms with Crippen LogP contribution in [0.1, 0.15) is 11.1 Å². The number of amides is 1. The first-order valence-electron chi connectivity index (χ1n) is 8.97. The molecule has 28 heavy (non-hydrogen) atoms. The Labute approximate surface area is 162 Å². The van der Waals surface area contributed by atoms with Gasteiger partial charge in [-0.3, -0.25) is 4.79 Å². The Kier molecular flexibility index (Phi) is 5.91. The molecule has 0 bridgehead atoms. The maximum Gasteiger partial charge on any atom is 0.326 e. The summed E-state index contributed by atoms with van der Waals surface area (Å²) >= 11 is 0. The number of carboxylic acids is 1. The van der Waals surface area contributed by atoms with Gasteiger partial charge in [-0.15, -0.1) is 0 Å². The minimum Gasteiger partial charge on any atom is -0.508 e. The number of phenols is 1. The molecule has 0 aromatic heterocycles. The van der Waals surface area contributed by atoms with Gasteiger partial charge in [0.1, 0.15) is 11.8 Å². The van der Waals surface area contributed by atoms with E-state index in [4.69, 9.17) is 5.73 Å². The molecule has 0 aliphatic rings. The van der Waals surface area contributed by atoms with Crippen molar-refractivity contribution in [1.82, 2.24) is 5.32 Å². The lowest BCUT2D eigenvalue weighted by Gasteiger charge is -2.18. The van der Waals surface area contributed by atoms with Gasteiger partial charge in [0.2, 0.25) is 5.91 Å².